The highest BCUT2D eigenvalue weighted by Gasteiger charge is 2.32. The molecule has 1 heterocycles. The molecule has 0 aliphatic rings. The van der Waals surface area contributed by atoms with Gasteiger partial charge in [-0.3, -0.25) is 18.5 Å². The van der Waals surface area contributed by atoms with Gasteiger partial charge in [-0.05, 0) is 44.5 Å². The summed E-state index contributed by atoms with van der Waals surface area (Å²) in [6.45, 7) is 5.72. The molecule has 2 aromatic rings. The van der Waals surface area contributed by atoms with Gasteiger partial charge in [-0.2, -0.15) is 0 Å². The molecule has 28 heavy (non-hydrogen) atoms. The summed E-state index contributed by atoms with van der Waals surface area (Å²) < 4.78 is 31.5. The van der Waals surface area contributed by atoms with Crippen LogP contribution in [0.2, 0.25) is 0 Å². The highest BCUT2D eigenvalue weighted by atomic mass is 31.2. The molecule has 0 radical (unpaired) electrons. The lowest BCUT2D eigenvalue weighted by atomic mass is 10.3. The van der Waals surface area contributed by atoms with Gasteiger partial charge in [-0.25, -0.2) is 4.79 Å². The van der Waals surface area contributed by atoms with Gasteiger partial charge in [-0.15, -0.1) is 0 Å². The average Bonchev–Trinajstić information content (AvgIpc) is 2.68. The van der Waals surface area contributed by atoms with Crippen LogP contribution in [0.25, 0.3) is 5.69 Å². The second-order valence-corrected chi connectivity index (χ2v) is 8.00. The molecule has 0 atom stereocenters. The van der Waals surface area contributed by atoms with Crippen molar-refractivity contribution in [3.05, 3.63) is 51.3 Å². The van der Waals surface area contributed by atoms with Crippen molar-refractivity contribution in [1.82, 2.24) is 9.13 Å². The number of hydrogen-bond acceptors (Lipinski definition) is 6. The van der Waals surface area contributed by atoms with Gasteiger partial charge in [-0.1, -0.05) is 13.3 Å². The third-order valence-electron chi connectivity index (χ3n) is 4.13. The van der Waals surface area contributed by atoms with Crippen molar-refractivity contribution in [3.63, 3.8) is 0 Å². The molecule has 0 spiro atoms. The fourth-order valence-corrected chi connectivity index (χ4v) is 4.38. The van der Waals surface area contributed by atoms with Crippen LogP contribution in [0, 0.1) is 0 Å². The number of methoxy groups -OCH3 is 1. The fourth-order valence-electron chi connectivity index (χ4n) is 2.73. The third-order valence-corrected chi connectivity index (χ3v) is 6.22. The van der Waals surface area contributed by atoms with Crippen LogP contribution >= 0.6 is 7.60 Å². The molecule has 9 heteroatoms. The van der Waals surface area contributed by atoms with Gasteiger partial charge in [0.2, 0.25) is 0 Å². The number of rotatable bonds is 10. The topological polar surface area (TPSA) is 88.8 Å². The van der Waals surface area contributed by atoms with Gasteiger partial charge < -0.3 is 13.8 Å². The fraction of sp³-hybridized carbons (Fsp3) is 0.474. The number of ether oxygens (including phenoxy) is 1. The molecule has 2 rings (SSSR count). The van der Waals surface area contributed by atoms with E-state index in [-0.39, 0.29) is 25.1 Å². The molecule has 0 saturated carbocycles. The van der Waals surface area contributed by atoms with E-state index in [1.807, 2.05) is 6.92 Å². The molecule has 0 unspecified atom stereocenters. The smallest absolute Gasteiger partial charge is 0.368 e. The van der Waals surface area contributed by atoms with Crippen molar-refractivity contribution in [2.75, 3.05) is 20.3 Å². The Morgan fingerprint density at radius 2 is 1.61 bits per heavy atom. The summed E-state index contributed by atoms with van der Waals surface area (Å²) in [4.78, 5) is 25.9. The Hall–Kier alpha value is -2.15. The van der Waals surface area contributed by atoms with Crippen molar-refractivity contribution in [2.45, 2.75) is 40.2 Å². The number of benzene rings is 1. The minimum absolute atomic E-state index is 0.105. The summed E-state index contributed by atoms with van der Waals surface area (Å²) in [6, 6.07) is 6.77. The molecule has 0 aliphatic heterocycles. The maximum atomic E-state index is 13.3. The van der Waals surface area contributed by atoms with Crippen molar-refractivity contribution < 1.29 is 18.3 Å². The van der Waals surface area contributed by atoms with Gasteiger partial charge >= 0.3 is 13.3 Å². The maximum Gasteiger partial charge on any atom is 0.368 e. The van der Waals surface area contributed by atoms with E-state index in [4.69, 9.17) is 13.8 Å². The van der Waals surface area contributed by atoms with E-state index in [1.54, 1.807) is 45.2 Å². The van der Waals surface area contributed by atoms with Crippen molar-refractivity contribution in [2.24, 2.45) is 0 Å². The molecule has 0 saturated heterocycles. The molecule has 0 fully saturated rings. The van der Waals surface area contributed by atoms with Crippen LogP contribution in [-0.4, -0.2) is 29.5 Å². The zero-order valence-electron chi connectivity index (χ0n) is 16.7. The summed E-state index contributed by atoms with van der Waals surface area (Å²) in [5, 5.41) is -0.150. The first-order valence-corrected chi connectivity index (χ1v) is 10.9. The summed E-state index contributed by atoms with van der Waals surface area (Å²) in [5.41, 5.74) is -0.641. The van der Waals surface area contributed by atoms with E-state index in [0.29, 0.717) is 17.9 Å². The number of nitrogens with zero attached hydrogens (tertiary/aromatic N) is 2. The van der Waals surface area contributed by atoms with Gasteiger partial charge in [0.25, 0.3) is 5.56 Å². The van der Waals surface area contributed by atoms with E-state index in [1.165, 1.54) is 10.8 Å². The number of aromatic nitrogens is 2. The summed E-state index contributed by atoms with van der Waals surface area (Å²) in [6.07, 6.45) is 2.70. The van der Waals surface area contributed by atoms with E-state index < -0.39 is 18.8 Å². The molecule has 0 aliphatic carbocycles. The Morgan fingerprint density at radius 3 is 2.11 bits per heavy atom. The van der Waals surface area contributed by atoms with Crippen LogP contribution in [0.5, 0.6) is 5.75 Å². The lowest BCUT2D eigenvalue weighted by Gasteiger charge is -2.19. The lowest BCUT2D eigenvalue weighted by Crippen LogP contribution is -2.47. The lowest BCUT2D eigenvalue weighted by molar-refractivity contribution is 0.229. The predicted octanol–water partition coefficient (Wildman–Crippen LogP) is 2.70. The Kier molecular flexibility index (Phi) is 7.80. The highest BCUT2D eigenvalue weighted by Crippen LogP contribution is 2.45. The quantitative estimate of drug-likeness (QED) is 0.560. The Balaban J connectivity index is 2.76. The normalized spacial score (nSPS) is 11.6. The predicted molar refractivity (Wildman–Crippen MR) is 108 cm³/mol. The monoisotopic (exact) mass is 410 g/mol. The van der Waals surface area contributed by atoms with Crippen LogP contribution < -0.4 is 21.3 Å². The van der Waals surface area contributed by atoms with Crippen molar-refractivity contribution >= 4 is 12.9 Å². The van der Waals surface area contributed by atoms with E-state index in [0.717, 1.165) is 11.0 Å². The maximum absolute atomic E-state index is 13.3. The second kappa shape index (κ2) is 9.87. The summed E-state index contributed by atoms with van der Waals surface area (Å²) in [7, 11) is -2.32. The van der Waals surface area contributed by atoms with Crippen molar-refractivity contribution in [1.29, 1.82) is 0 Å². The molecule has 0 N–H and O–H groups in total. The van der Waals surface area contributed by atoms with Gasteiger partial charge in [0, 0.05) is 12.7 Å². The zero-order valence-corrected chi connectivity index (χ0v) is 17.6. The molecule has 8 nitrogen and oxygen atoms in total. The Morgan fingerprint density at radius 1 is 1.00 bits per heavy atom. The highest BCUT2D eigenvalue weighted by molar-refractivity contribution is 7.62. The van der Waals surface area contributed by atoms with E-state index in [9.17, 15) is 14.2 Å². The van der Waals surface area contributed by atoms with Gasteiger partial charge in [0.05, 0.1) is 26.0 Å². The van der Waals surface area contributed by atoms with Gasteiger partial charge in [0.15, 0.2) is 0 Å². The largest absolute Gasteiger partial charge is 0.497 e. The Bertz CT molecular complexity index is 938. The molecule has 0 bridgehead atoms. The molecular formula is C19H27N2O6P. The minimum Gasteiger partial charge on any atom is -0.497 e. The first kappa shape index (κ1) is 22.1. The van der Waals surface area contributed by atoms with Crippen LogP contribution in [0.15, 0.2) is 40.1 Å². The van der Waals surface area contributed by atoms with Crippen molar-refractivity contribution in [3.8, 4) is 11.4 Å². The molecule has 0 amide bonds. The SMILES string of the molecule is CCCCn1c(=O)c(P(=O)(OCC)OCC)cn(-c2ccc(OC)cc2)c1=O. The second-order valence-electron chi connectivity index (χ2n) is 6.01. The number of unbranched alkanes of at least 4 members (excludes halogenated alkanes) is 1. The molecule has 1 aromatic heterocycles. The van der Waals surface area contributed by atoms with Crippen LogP contribution in [0.1, 0.15) is 33.6 Å². The Labute approximate surface area is 164 Å². The van der Waals surface area contributed by atoms with Crippen LogP contribution in [-0.2, 0) is 20.2 Å². The van der Waals surface area contributed by atoms with E-state index >= 15 is 0 Å². The third kappa shape index (κ3) is 4.63. The molecule has 1 aromatic carbocycles. The van der Waals surface area contributed by atoms with E-state index in [2.05, 4.69) is 0 Å². The average molecular weight is 410 g/mol. The first-order chi connectivity index (χ1) is 13.4. The number of hydrogen-bond donors (Lipinski definition) is 0. The van der Waals surface area contributed by atoms with Crippen LogP contribution in [0.4, 0.5) is 0 Å². The summed E-state index contributed by atoms with van der Waals surface area (Å²) >= 11 is 0. The first-order valence-electron chi connectivity index (χ1n) is 9.32. The minimum atomic E-state index is -3.87. The standard InChI is InChI=1S/C19H27N2O6P/c1-5-8-13-20-18(22)17(28(24,26-6-2)27-7-3)14-21(19(20)23)15-9-11-16(25-4)12-10-15/h9-12,14H,5-8,13H2,1-4H3. The zero-order chi connectivity index (χ0) is 20.7. The van der Waals surface area contributed by atoms with Gasteiger partial charge in [0.1, 0.15) is 11.1 Å². The molecule has 154 valence electrons. The summed E-state index contributed by atoms with van der Waals surface area (Å²) in [5.74, 6) is 0.630. The van der Waals surface area contributed by atoms with Crippen LogP contribution in [0.3, 0.4) is 0 Å². The molecular weight excluding hydrogens is 383 g/mol.